The fraction of sp³-hybridized carbons (Fsp3) is 0.188. The van der Waals surface area contributed by atoms with Crippen molar-refractivity contribution in [3.05, 3.63) is 52.2 Å². The standard InChI is InChI=1S/C16H15NO3S/c1-2-8-20-14-5-3-12(4-6-14)16(19)17-10-15(18)13-7-9-21-11-13/h1,3-7,9,11,15,18H,8,10H2,(H,17,19). The first-order chi connectivity index (χ1) is 10.2. The zero-order chi connectivity index (χ0) is 15.1. The summed E-state index contributed by atoms with van der Waals surface area (Å²) < 4.78 is 5.23. The smallest absolute Gasteiger partial charge is 0.251 e. The Balaban J connectivity index is 1.87. The number of terminal acetylenes is 1. The van der Waals surface area contributed by atoms with E-state index in [1.165, 1.54) is 11.3 Å². The van der Waals surface area contributed by atoms with Crippen LogP contribution in [0.1, 0.15) is 22.0 Å². The topological polar surface area (TPSA) is 58.6 Å². The van der Waals surface area contributed by atoms with Crippen molar-refractivity contribution in [3.8, 4) is 18.1 Å². The van der Waals surface area contributed by atoms with E-state index in [2.05, 4.69) is 11.2 Å². The minimum atomic E-state index is -0.696. The molecule has 1 amide bonds. The van der Waals surface area contributed by atoms with Crippen LogP contribution in [0.15, 0.2) is 41.1 Å². The number of hydrogen-bond donors (Lipinski definition) is 2. The summed E-state index contributed by atoms with van der Waals surface area (Å²) in [6.07, 6.45) is 4.40. The summed E-state index contributed by atoms with van der Waals surface area (Å²) in [7, 11) is 0. The van der Waals surface area contributed by atoms with Crippen LogP contribution in [0, 0.1) is 12.3 Å². The first kappa shape index (κ1) is 15.1. The molecule has 5 heteroatoms. The van der Waals surface area contributed by atoms with Crippen LogP contribution in [0.5, 0.6) is 5.75 Å². The molecule has 1 aromatic carbocycles. The number of rotatable bonds is 6. The van der Waals surface area contributed by atoms with Gasteiger partial charge in [-0.25, -0.2) is 0 Å². The van der Waals surface area contributed by atoms with Gasteiger partial charge in [0.1, 0.15) is 12.4 Å². The zero-order valence-corrected chi connectivity index (χ0v) is 12.1. The number of thiophene rings is 1. The molecule has 0 aliphatic carbocycles. The molecule has 1 heterocycles. The van der Waals surface area contributed by atoms with Crippen LogP contribution in [0.3, 0.4) is 0 Å². The Bertz CT molecular complexity index is 614. The Morgan fingerprint density at radius 3 is 2.76 bits per heavy atom. The third kappa shape index (κ3) is 4.35. The second-order valence-electron chi connectivity index (χ2n) is 4.30. The highest BCUT2D eigenvalue weighted by Crippen LogP contribution is 2.16. The van der Waals surface area contributed by atoms with E-state index in [4.69, 9.17) is 11.2 Å². The van der Waals surface area contributed by atoms with Crippen LogP contribution in [0.2, 0.25) is 0 Å². The summed E-state index contributed by atoms with van der Waals surface area (Å²) in [5.41, 5.74) is 1.30. The van der Waals surface area contributed by atoms with Gasteiger partial charge >= 0.3 is 0 Å². The normalized spacial score (nSPS) is 11.4. The number of aliphatic hydroxyl groups is 1. The summed E-state index contributed by atoms with van der Waals surface area (Å²) in [4.78, 5) is 12.0. The number of aliphatic hydroxyl groups excluding tert-OH is 1. The van der Waals surface area contributed by atoms with Gasteiger partial charge in [0.2, 0.25) is 0 Å². The molecule has 0 aliphatic heterocycles. The van der Waals surface area contributed by atoms with Gasteiger partial charge in [0.05, 0.1) is 6.10 Å². The van der Waals surface area contributed by atoms with Gasteiger partial charge in [-0.15, -0.1) is 6.42 Å². The zero-order valence-electron chi connectivity index (χ0n) is 11.3. The van der Waals surface area contributed by atoms with Crippen molar-refractivity contribution >= 4 is 17.2 Å². The van der Waals surface area contributed by atoms with Crippen molar-refractivity contribution in [3.63, 3.8) is 0 Å². The molecule has 0 bridgehead atoms. The molecule has 4 nitrogen and oxygen atoms in total. The van der Waals surface area contributed by atoms with E-state index in [9.17, 15) is 9.90 Å². The Morgan fingerprint density at radius 2 is 2.14 bits per heavy atom. The predicted octanol–water partition coefficient (Wildman–Crippen LogP) is 2.22. The minimum Gasteiger partial charge on any atom is -0.481 e. The predicted molar refractivity (Wildman–Crippen MR) is 82.4 cm³/mol. The lowest BCUT2D eigenvalue weighted by Crippen LogP contribution is -2.28. The fourth-order valence-electron chi connectivity index (χ4n) is 1.70. The van der Waals surface area contributed by atoms with E-state index in [0.29, 0.717) is 11.3 Å². The molecule has 0 saturated heterocycles. The second-order valence-corrected chi connectivity index (χ2v) is 5.08. The van der Waals surface area contributed by atoms with Crippen LogP contribution in [0.4, 0.5) is 0 Å². The average molecular weight is 301 g/mol. The molecule has 1 atom stereocenters. The lowest BCUT2D eigenvalue weighted by molar-refractivity contribution is 0.0916. The third-order valence-corrected chi connectivity index (χ3v) is 3.52. The van der Waals surface area contributed by atoms with Crippen molar-refractivity contribution in [2.24, 2.45) is 0 Å². The van der Waals surface area contributed by atoms with Crippen molar-refractivity contribution in [2.75, 3.05) is 13.2 Å². The van der Waals surface area contributed by atoms with E-state index < -0.39 is 6.10 Å². The largest absolute Gasteiger partial charge is 0.481 e. The maximum absolute atomic E-state index is 12.0. The summed E-state index contributed by atoms with van der Waals surface area (Å²) in [5, 5.41) is 16.3. The van der Waals surface area contributed by atoms with Crippen molar-refractivity contribution in [2.45, 2.75) is 6.10 Å². The van der Waals surface area contributed by atoms with Gasteiger partial charge in [0.15, 0.2) is 0 Å². The minimum absolute atomic E-state index is 0.172. The van der Waals surface area contributed by atoms with E-state index >= 15 is 0 Å². The lowest BCUT2D eigenvalue weighted by Gasteiger charge is -2.11. The Kier molecular flexibility index (Phi) is 5.38. The highest BCUT2D eigenvalue weighted by atomic mass is 32.1. The molecule has 0 saturated carbocycles. The maximum Gasteiger partial charge on any atom is 0.251 e. The quantitative estimate of drug-likeness (QED) is 0.804. The molecule has 1 unspecified atom stereocenters. The molecule has 2 aromatic rings. The van der Waals surface area contributed by atoms with E-state index in [1.807, 2.05) is 16.8 Å². The number of nitrogens with one attached hydrogen (secondary N) is 1. The van der Waals surface area contributed by atoms with Gasteiger partial charge in [-0.1, -0.05) is 5.92 Å². The number of carbonyl (C=O) groups excluding carboxylic acids is 1. The maximum atomic E-state index is 12.0. The summed E-state index contributed by atoms with van der Waals surface area (Å²) >= 11 is 1.51. The summed E-state index contributed by atoms with van der Waals surface area (Å²) in [5.74, 6) is 2.74. The van der Waals surface area contributed by atoms with E-state index in [-0.39, 0.29) is 19.1 Å². The number of ether oxygens (including phenoxy) is 1. The SMILES string of the molecule is C#CCOc1ccc(C(=O)NCC(O)c2ccsc2)cc1. The molecule has 108 valence electrons. The molecule has 0 spiro atoms. The first-order valence-corrected chi connectivity index (χ1v) is 7.29. The van der Waals surface area contributed by atoms with Gasteiger partial charge in [-0.3, -0.25) is 4.79 Å². The average Bonchev–Trinajstić information content (AvgIpc) is 3.05. The van der Waals surface area contributed by atoms with Crippen molar-refractivity contribution in [1.82, 2.24) is 5.32 Å². The molecular weight excluding hydrogens is 286 g/mol. The highest BCUT2D eigenvalue weighted by molar-refractivity contribution is 7.07. The van der Waals surface area contributed by atoms with Crippen LogP contribution < -0.4 is 10.1 Å². The van der Waals surface area contributed by atoms with Crippen LogP contribution in [0.25, 0.3) is 0 Å². The third-order valence-electron chi connectivity index (χ3n) is 2.82. The van der Waals surface area contributed by atoms with Crippen LogP contribution in [-0.2, 0) is 0 Å². The molecule has 2 N–H and O–H groups in total. The fourth-order valence-corrected chi connectivity index (χ4v) is 2.41. The van der Waals surface area contributed by atoms with Gasteiger partial charge in [-0.05, 0) is 46.7 Å². The van der Waals surface area contributed by atoms with Crippen LogP contribution in [-0.4, -0.2) is 24.2 Å². The Labute approximate surface area is 127 Å². The Hall–Kier alpha value is -2.29. The lowest BCUT2D eigenvalue weighted by atomic mass is 10.1. The molecule has 0 aliphatic rings. The van der Waals surface area contributed by atoms with E-state index in [1.54, 1.807) is 24.3 Å². The molecule has 2 rings (SSSR count). The van der Waals surface area contributed by atoms with Gasteiger partial charge in [0, 0.05) is 12.1 Å². The number of benzene rings is 1. The summed E-state index contributed by atoms with van der Waals surface area (Å²) in [6.45, 7) is 0.364. The first-order valence-electron chi connectivity index (χ1n) is 6.35. The van der Waals surface area contributed by atoms with E-state index in [0.717, 1.165) is 5.56 Å². The summed E-state index contributed by atoms with van der Waals surface area (Å²) in [6, 6.07) is 8.50. The second kappa shape index (κ2) is 7.48. The molecule has 0 radical (unpaired) electrons. The molecule has 0 fully saturated rings. The number of hydrogen-bond acceptors (Lipinski definition) is 4. The number of carbonyl (C=O) groups is 1. The van der Waals surface area contributed by atoms with Crippen molar-refractivity contribution in [1.29, 1.82) is 0 Å². The Morgan fingerprint density at radius 1 is 1.38 bits per heavy atom. The van der Waals surface area contributed by atoms with Crippen LogP contribution >= 0.6 is 11.3 Å². The van der Waals surface area contributed by atoms with Gasteiger partial charge in [0.25, 0.3) is 5.91 Å². The molecule has 1 aromatic heterocycles. The monoisotopic (exact) mass is 301 g/mol. The number of amides is 1. The molecular formula is C16H15NO3S. The molecule has 21 heavy (non-hydrogen) atoms. The van der Waals surface area contributed by atoms with Gasteiger partial charge < -0.3 is 15.2 Å². The highest BCUT2D eigenvalue weighted by Gasteiger charge is 2.11. The van der Waals surface area contributed by atoms with Crippen molar-refractivity contribution < 1.29 is 14.6 Å². The van der Waals surface area contributed by atoms with Gasteiger partial charge in [-0.2, -0.15) is 11.3 Å².